The zero-order valence-corrected chi connectivity index (χ0v) is 13.9. The van der Waals surface area contributed by atoms with Crippen LogP contribution in [0.1, 0.15) is 32.1 Å². The van der Waals surface area contributed by atoms with Crippen molar-refractivity contribution in [2.45, 2.75) is 38.2 Å². The van der Waals surface area contributed by atoms with Crippen LogP contribution in [0, 0.1) is 5.92 Å². The highest BCUT2D eigenvalue weighted by molar-refractivity contribution is 6.35. The van der Waals surface area contributed by atoms with Gasteiger partial charge in [-0.1, -0.05) is 42.5 Å². The van der Waals surface area contributed by atoms with Crippen LogP contribution in [-0.4, -0.2) is 30.3 Å². The van der Waals surface area contributed by atoms with Gasteiger partial charge < -0.3 is 15.2 Å². The van der Waals surface area contributed by atoms with Crippen molar-refractivity contribution < 1.29 is 14.6 Å². The zero-order valence-electron chi connectivity index (χ0n) is 12.4. The summed E-state index contributed by atoms with van der Waals surface area (Å²) in [6, 6.07) is 4.82. The van der Waals surface area contributed by atoms with Crippen LogP contribution in [0.4, 0.5) is 0 Å². The summed E-state index contributed by atoms with van der Waals surface area (Å²) < 4.78 is 5.35. The number of ether oxygens (including phenoxy) is 1. The summed E-state index contributed by atoms with van der Waals surface area (Å²) in [5.41, 5.74) is 0. The van der Waals surface area contributed by atoms with Crippen LogP contribution in [-0.2, 0) is 4.79 Å². The van der Waals surface area contributed by atoms with Gasteiger partial charge in [0.05, 0.1) is 11.1 Å². The smallest absolute Gasteiger partial charge is 0.258 e. The van der Waals surface area contributed by atoms with Gasteiger partial charge >= 0.3 is 0 Å². The van der Waals surface area contributed by atoms with Crippen LogP contribution in [0.25, 0.3) is 0 Å². The van der Waals surface area contributed by atoms with Gasteiger partial charge in [0.15, 0.2) is 6.61 Å². The first-order valence-corrected chi connectivity index (χ1v) is 8.34. The summed E-state index contributed by atoms with van der Waals surface area (Å²) >= 11 is 11.8. The van der Waals surface area contributed by atoms with E-state index >= 15 is 0 Å². The van der Waals surface area contributed by atoms with Crippen molar-refractivity contribution >= 4 is 29.1 Å². The third kappa shape index (κ3) is 5.34. The van der Waals surface area contributed by atoms with Gasteiger partial charge in [-0.15, -0.1) is 0 Å². The Kier molecular flexibility index (Phi) is 6.80. The van der Waals surface area contributed by atoms with E-state index in [1.807, 2.05) is 0 Å². The second-order valence-corrected chi connectivity index (χ2v) is 6.48. The molecule has 1 aliphatic carbocycles. The van der Waals surface area contributed by atoms with Gasteiger partial charge in [0.1, 0.15) is 5.75 Å². The molecular formula is C16H21Cl2NO3. The molecule has 1 unspecified atom stereocenters. The Morgan fingerprint density at radius 2 is 2.05 bits per heavy atom. The number of aliphatic hydroxyl groups is 1. The average Bonchev–Trinajstić information content (AvgIpc) is 2.52. The van der Waals surface area contributed by atoms with E-state index in [-0.39, 0.29) is 19.1 Å². The number of benzene rings is 1. The van der Waals surface area contributed by atoms with Gasteiger partial charge in [-0.2, -0.15) is 0 Å². The maximum absolute atomic E-state index is 11.8. The Labute approximate surface area is 140 Å². The van der Waals surface area contributed by atoms with Crippen molar-refractivity contribution in [1.29, 1.82) is 0 Å². The Bertz CT molecular complexity index is 504. The van der Waals surface area contributed by atoms with E-state index in [9.17, 15) is 9.90 Å². The fraction of sp³-hybridized carbons (Fsp3) is 0.562. The minimum atomic E-state index is -0.483. The number of aliphatic hydroxyl groups excluding tert-OH is 1. The van der Waals surface area contributed by atoms with Crippen molar-refractivity contribution in [2.75, 3.05) is 13.2 Å². The minimum absolute atomic E-state index is 0.140. The number of amides is 1. The molecule has 1 saturated carbocycles. The molecule has 1 amide bonds. The van der Waals surface area contributed by atoms with E-state index in [0.717, 1.165) is 25.7 Å². The fourth-order valence-electron chi connectivity index (χ4n) is 2.69. The first kappa shape index (κ1) is 17.4. The fourth-order valence-corrected chi connectivity index (χ4v) is 3.15. The van der Waals surface area contributed by atoms with E-state index in [2.05, 4.69) is 5.32 Å². The number of halogens is 2. The van der Waals surface area contributed by atoms with E-state index in [1.165, 1.54) is 6.42 Å². The summed E-state index contributed by atoms with van der Waals surface area (Å²) in [4.78, 5) is 11.8. The third-order valence-electron chi connectivity index (χ3n) is 3.96. The summed E-state index contributed by atoms with van der Waals surface area (Å²) in [7, 11) is 0. The molecule has 2 rings (SSSR count). The largest absolute Gasteiger partial charge is 0.482 e. The summed E-state index contributed by atoms with van der Waals surface area (Å²) in [6.07, 6.45) is 5.15. The standard InChI is InChI=1S/C16H21Cl2NO3/c17-12-6-7-15(13(18)8-12)22-10-16(21)19-9-14(20)11-4-2-1-3-5-11/h6-8,11,14,20H,1-5,9-10H2,(H,19,21). The van der Waals surface area contributed by atoms with Crippen LogP contribution in [0.2, 0.25) is 10.0 Å². The molecule has 122 valence electrons. The van der Waals surface area contributed by atoms with Crippen molar-refractivity contribution in [1.82, 2.24) is 5.32 Å². The molecule has 0 bridgehead atoms. The molecular weight excluding hydrogens is 325 g/mol. The van der Waals surface area contributed by atoms with Gasteiger partial charge in [-0.3, -0.25) is 4.79 Å². The Morgan fingerprint density at radius 1 is 1.32 bits per heavy atom. The first-order valence-electron chi connectivity index (χ1n) is 7.59. The lowest BCUT2D eigenvalue weighted by molar-refractivity contribution is -0.123. The Morgan fingerprint density at radius 3 is 2.73 bits per heavy atom. The molecule has 22 heavy (non-hydrogen) atoms. The van der Waals surface area contributed by atoms with Crippen molar-refractivity contribution in [3.63, 3.8) is 0 Å². The van der Waals surface area contributed by atoms with Crippen LogP contribution in [0.5, 0.6) is 5.75 Å². The van der Waals surface area contributed by atoms with Crippen LogP contribution >= 0.6 is 23.2 Å². The van der Waals surface area contributed by atoms with E-state index in [4.69, 9.17) is 27.9 Å². The molecule has 6 heteroatoms. The molecule has 4 nitrogen and oxygen atoms in total. The first-order chi connectivity index (χ1) is 10.6. The van der Waals surface area contributed by atoms with Crippen molar-refractivity contribution in [3.8, 4) is 5.75 Å². The highest BCUT2D eigenvalue weighted by Crippen LogP contribution is 2.27. The molecule has 0 radical (unpaired) electrons. The number of hydrogen-bond acceptors (Lipinski definition) is 3. The minimum Gasteiger partial charge on any atom is -0.482 e. The average molecular weight is 346 g/mol. The number of carbonyl (C=O) groups is 1. The number of hydrogen-bond donors (Lipinski definition) is 2. The summed E-state index contributed by atoms with van der Waals surface area (Å²) in [5, 5.41) is 13.7. The topological polar surface area (TPSA) is 58.6 Å². The molecule has 1 fully saturated rings. The van der Waals surface area contributed by atoms with Gasteiger partial charge in [0.25, 0.3) is 5.91 Å². The van der Waals surface area contributed by atoms with Crippen LogP contribution in [0.3, 0.4) is 0 Å². The highest BCUT2D eigenvalue weighted by Gasteiger charge is 2.22. The lowest BCUT2D eigenvalue weighted by Gasteiger charge is -2.26. The van der Waals surface area contributed by atoms with E-state index < -0.39 is 6.10 Å². The molecule has 0 aromatic heterocycles. The highest BCUT2D eigenvalue weighted by atomic mass is 35.5. The lowest BCUT2D eigenvalue weighted by Crippen LogP contribution is -2.39. The van der Waals surface area contributed by atoms with Gasteiger partial charge in [0, 0.05) is 11.6 Å². The van der Waals surface area contributed by atoms with Gasteiger partial charge in [0.2, 0.25) is 0 Å². The van der Waals surface area contributed by atoms with E-state index in [1.54, 1.807) is 18.2 Å². The predicted octanol–water partition coefficient (Wildman–Crippen LogP) is 3.43. The molecule has 0 saturated heterocycles. The van der Waals surface area contributed by atoms with Crippen molar-refractivity contribution in [2.24, 2.45) is 5.92 Å². The lowest BCUT2D eigenvalue weighted by atomic mass is 9.85. The Balaban J connectivity index is 1.71. The van der Waals surface area contributed by atoms with Gasteiger partial charge in [-0.25, -0.2) is 0 Å². The molecule has 1 aromatic carbocycles. The quantitative estimate of drug-likeness (QED) is 0.830. The molecule has 1 atom stereocenters. The van der Waals surface area contributed by atoms with Crippen LogP contribution in [0.15, 0.2) is 18.2 Å². The molecule has 2 N–H and O–H groups in total. The van der Waals surface area contributed by atoms with E-state index in [0.29, 0.717) is 21.7 Å². The number of carbonyl (C=O) groups excluding carboxylic acids is 1. The zero-order chi connectivity index (χ0) is 15.9. The predicted molar refractivity (Wildman–Crippen MR) is 87.5 cm³/mol. The summed E-state index contributed by atoms with van der Waals surface area (Å²) in [5.74, 6) is 0.426. The molecule has 0 aliphatic heterocycles. The molecule has 0 heterocycles. The SMILES string of the molecule is O=C(COc1ccc(Cl)cc1Cl)NCC(O)C1CCCCC1. The number of rotatable bonds is 6. The van der Waals surface area contributed by atoms with Crippen LogP contribution < -0.4 is 10.1 Å². The van der Waals surface area contributed by atoms with Gasteiger partial charge in [-0.05, 0) is 37.0 Å². The third-order valence-corrected chi connectivity index (χ3v) is 4.49. The molecule has 0 spiro atoms. The second-order valence-electron chi connectivity index (χ2n) is 5.63. The van der Waals surface area contributed by atoms with Crippen molar-refractivity contribution in [3.05, 3.63) is 28.2 Å². The maximum Gasteiger partial charge on any atom is 0.258 e. The Hall–Kier alpha value is -0.970. The maximum atomic E-state index is 11.8. The molecule has 1 aliphatic rings. The number of nitrogens with one attached hydrogen (secondary N) is 1. The monoisotopic (exact) mass is 345 g/mol. The summed E-state index contributed by atoms with van der Waals surface area (Å²) in [6.45, 7) is 0.125. The second kappa shape index (κ2) is 8.61. The molecule has 1 aromatic rings. The normalized spacial score (nSPS) is 17.0.